The molecule has 0 amide bonds. The van der Waals surface area contributed by atoms with Crippen LogP contribution in [-0.2, 0) is 11.3 Å². The van der Waals surface area contributed by atoms with Gasteiger partial charge < -0.3 is 10.3 Å². The Morgan fingerprint density at radius 2 is 1.94 bits per heavy atom. The Bertz CT molecular complexity index is 355. The van der Waals surface area contributed by atoms with Crippen molar-refractivity contribution in [1.29, 1.82) is 0 Å². The summed E-state index contributed by atoms with van der Waals surface area (Å²) >= 11 is 1.80. The molecule has 0 saturated heterocycles. The molecule has 0 radical (unpaired) electrons. The van der Waals surface area contributed by atoms with Crippen LogP contribution >= 0.6 is 11.8 Å². The molecule has 5 heteroatoms. The summed E-state index contributed by atoms with van der Waals surface area (Å²) < 4.78 is 5.45. The Morgan fingerprint density at radius 1 is 1.29 bits per heavy atom. The minimum atomic E-state index is -0.508. The smallest absolute Gasteiger partial charge is 0.246 e. The first-order valence-corrected chi connectivity index (χ1v) is 6.99. The van der Waals surface area contributed by atoms with Crippen LogP contribution in [0.5, 0.6) is 0 Å². The second-order valence-corrected chi connectivity index (χ2v) is 7.39. The molecule has 0 aliphatic heterocycles. The summed E-state index contributed by atoms with van der Waals surface area (Å²) in [6.07, 6.45) is 1.85. The number of hydrogen-bond acceptors (Lipinski definition) is 5. The van der Waals surface area contributed by atoms with Gasteiger partial charge in [0.05, 0.1) is 11.3 Å². The molecular weight excluding hydrogens is 234 g/mol. The largest absolute Gasteiger partial charge is 0.337 e. The highest BCUT2D eigenvalue weighted by Crippen LogP contribution is 2.27. The molecule has 0 spiro atoms. The van der Waals surface area contributed by atoms with Crippen LogP contribution in [0.4, 0.5) is 0 Å². The molecule has 1 unspecified atom stereocenters. The zero-order valence-corrected chi connectivity index (χ0v) is 12.2. The highest BCUT2D eigenvalue weighted by molar-refractivity contribution is 7.99. The number of nitrogens with two attached hydrogens (primary N) is 1. The molecule has 0 bridgehead atoms. The highest BCUT2D eigenvalue weighted by Gasteiger charge is 2.27. The topological polar surface area (TPSA) is 64.9 Å². The Morgan fingerprint density at radius 3 is 2.47 bits per heavy atom. The summed E-state index contributed by atoms with van der Waals surface area (Å²) in [6.45, 7) is 10.5. The first-order chi connectivity index (χ1) is 7.74. The fraction of sp³-hybridized carbons (Fsp3) is 0.833. The zero-order valence-electron chi connectivity index (χ0n) is 11.4. The third-order valence-electron chi connectivity index (χ3n) is 2.36. The Labute approximate surface area is 108 Å². The quantitative estimate of drug-likeness (QED) is 0.878. The van der Waals surface area contributed by atoms with E-state index in [9.17, 15) is 0 Å². The maximum absolute atomic E-state index is 6.14. The standard InChI is InChI=1S/C12H23N3OS/c1-6-7-12(5,13)10-14-9(15-16-10)8-17-11(2,3)4/h6-8,13H2,1-5H3. The summed E-state index contributed by atoms with van der Waals surface area (Å²) in [5.41, 5.74) is 5.63. The first-order valence-electron chi connectivity index (χ1n) is 6.00. The molecule has 0 saturated carbocycles. The third kappa shape index (κ3) is 4.68. The number of hydrogen-bond donors (Lipinski definition) is 1. The van der Waals surface area contributed by atoms with Crippen molar-refractivity contribution in [3.8, 4) is 0 Å². The summed E-state index contributed by atoms with van der Waals surface area (Å²) in [7, 11) is 0. The summed E-state index contributed by atoms with van der Waals surface area (Å²) in [5, 5.41) is 3.98. The lowest BCUT2D eigenvalue weighted by Crippen LogP contribution is -2.33. The molecule has 1 heterocycles. The predicted molar refractivity (Wildman–Crippen MR) is 71.8 cm³/mol. The first kappa shape index (κ1) is 14.5. The minimum absolute atomic E-state index is 0.205. The van der Waals surface area contributed by atoms with Gasteiger partial charge in [-0.1, -0.05) is 39.3 Å². The molecule has 98 valence electrons. The van der Waals surface area contributed by atoms with Gasteiger partial charge in [-0.2, -0.15) is 4.98 Å². The summed E-state index contributed by atoms with van der Waals surface area (Å²) in [4.78, 5) is 4.38. The second-order valence-electron chi connectivity index (χ2n) is 5.58. The molecule has 4 nitrogen and oxygen atoms in total. The van der Waals surface area contributed by atoms with Crippen molar-refractivity contribution in [1.82, 2.24) is 10.1 Å². The SMILES string of the molecule is CCCC(C)(N)c1nc(CSC(C)(C)C)no1. The number of rotatable bonds is 5. The van der Waals surface area contributed by atoms with Gasteiger partial charge in [0, 0.05) is 4.75 Å². The van der Waals surface area contributed by atoms with Crippen molar-refractivity contribution in [2.24, 2.45) is 5.73 Å². The lowest BCUT2D eigenvalue weighted by Gasteiger charge is -2.18. The van der Waals surface area contributed by atoms with Crippen LogP contribution in [0.2, 0.25) is 0 Å². The Balaban J connectivity index is 2.65. The Hall–Kier alpha value is -0.550. The van der Waals surface area contributed by atoms with E-state index >= 15 is 0 Å². The second kappa shape index (κ2) is 5.40. The fourth-order valence-corrected chi connectivity index (χ4v) is 2.13. The average Bonchev–Trinajstić information content (AvgIpc) is 2.62. The molecule has 1 atom stereocenters. The van der Waals surface area contributed by atoms with E-state index in [1.807, 2.05) is 6.92 Å². The molecule has 0 aliphatic rings. The summed E-state index contributed by atoms with van der Waals surface area (Å²) in [6, 6.07) is 0. The number of thioether (sulfide) groups is 1. The normalized spacial score (nSPS) is 15.9. The number of nitrogens with zero attached hydrogens (tertiary/aromatic N) is 2. The van der Waals surface area contributed by atoms with Crippen LogP contribution in [0.15, 0.2) is 4.52 Å². The molecule has 17 heavy (non-hydrogen) atoms. The van der Waals surface area contributed by atoms with Crippen LogP contribution in [-0.4, -0.2) is 14.9 Å². The van der Waals surface area contributed by atoms with Gasteiger partial charge in [0.15, 0.2) is 5.82 Å². The van der Waals surface area contributed by atoms with Crippen molar-refractivity contribution in [3.05, 3.63) is 11.7 Å². The van der Waals surface area contributed by atoms with Crippen LogP contribution in [0.25, 0.3) is 0 Å². The van der Waals surface area contributed by atoms with Gasteiger partial charge in [-0.15, -0.1) is 11.8 Å². The van der Waals surface area contributed by atoms with Crippen molar-refractivity contribution in [2.75, 3.05) is 0 Å². The van der Waals surface area contributed by atoms with Crippen LogP contribution in [0.1, 0.15) is 59.2 Å². The van der Waals surface area contributed by atoms with Crippen molar-refractivity contribution >= 4 is 11.8 Å². The maximum atomic E-state index is 6.14. The van der Waals surface area contributed by atoms with Gasteiger partial charge in [0.1, 0.15) is 0 Å². The molecule has 0 fully saturated rings. The van der Waals surface area contributed by atoms with Crippen molar-refractivity contribution < 1.29 is 4.52 Å². The lowest BCUT2D eigenvalue weighted by atomic mass is 9.98. The van der Waals surface area contributed by atoms with Crippen LogP contribution < -0.4 is 5.73 Å². The maximum Gasteiger partial charge on any atom is 0.246 e. The molecule has 0 aliphatic carbocycles. The fourth-order valence-electron chi connectivity index (χ4n) is 1.45. The van der Waals surface area contributed by atoms with Gasteiger partial charge in [0.2, 0.25) is 5.89 Å². The van der Waals surface area contributed by atoms with Crippen LogP contribution in [0, 0.1) is 0 Å². The van der Waals surface area contributed by atoms with E-state index in [-0.39, 0.29) is 4.75 Å². The van der Waals surface area contributed by atoms with E-state index in [0.717, 1.165) is 24.4 Å². The van der Waals surface area contributed by atoms with E-state index in [4.69, 9.17) is 10.3 Å². The molecular formula is C12H23N3OS. The number of aromatic nitrogens is 2. The van der Waals surface area contributed by atoms with Gasteiger partial charge in [0.25, 0.3) is 0 Å². The van der Waals surface area contributed by atoms with Gasteiger partial charge in [-0.25, -0.2) is 0 Å². The van der Waals surface area contributed by atoms with E-state index < -0.39 is 5.54 Å². The molecule has 2 N–H and O–H groups in total. The lowest BCUT2D eigenvalue weighted by molar-refractivity contribution is 0.282. The van der Waals surface area contributed by atoms with Crippen molar-refractivity contribution in [3.63, 3.8) is 0 Å². The molecule has 1 aromatic heterocycles. The van der Waals surface area contributed by atoms with E-state index in [2.05, 4.69) is 37.8 Å². The van der Waals surface area contributed by atoms with Gasteiger partial charge in [-0.3, -0.25) is 0 Å². The van der Waals surface area contributed by atoms with E-state index in [0.29, 0.717) is 5.89 Å². The highest BCUT2D eigenvalue weighted by atomic mass is 32.2. The monoisotopic (exact) mass is 257 g/mol. The van der Waals surface area contributed by atoms with E-state index in [1.54, 1.807) is 11.8 Å². The molecule has 0 aromatic carbocycles. The van der Waals surface area contributed by atoms with E-state index in [1.165, 1.54) is 0 Å². The van der Waals surface area contributed by atoms with Crippen molar-refractivity contribution in [2.45, 2.75) is 63.5 Å². The summed E-state index contributed by atoms with van der Waals surface area (Å²) in [5.74, 6) is 2.03. The van der Waals surface area contributed by atoms with Crippen LogP contribution in [0.3, 0.4) is 0 Å². The minimum Gasteiger partial charge on any atom is -0.337 e. The third-order valence-corrected chi connectivity index (χ3v) is 3.63. The van der Waals surface area contributed by atoms with Gasteiger partial charge >= 0.3 is 0 Å². The average molecular weight is 257 g/mol. The molecule has 1 aromatic rings. The Kier molecular flexibility index (Phi) is 4.61. The zero-order chi connectivity index (χ0) is 13.1. The van der Waals surface area contributed by atoms with Gasteiger partial charge in [-0.05, 0) is 13.3 Å². The predicted octanol–water partition coefficient (Wildman–Crippen LogP) is 3.08. The molecule has 1 rings (SSSR count).